The fourth-order valence-corrected chi connectivity index (χ4v) is 2.40. The van der Waals surface area contributed by atoms with Crippen LogP contribution >= 0.6 is 0 Å². The second kappa shape index (κ2) is 11.2. The van der Waals surface area contributed by atoms with Crippen LogP contribution in [-0.4, -0.2) is 29.5 Å². The number of hydrogen-bond donors (Lipinski definition) is 2. The zero-order valence-corrected chi connectivity index (χ0v) is 15.3. The third kappa shape index (κ3) is 7.36. The van der Waals surface area contributed by atoms with E-state index in [9.17, 15) is 19.7 Å². The van der Waals surface area contributed by atoms with Crippen LogP contribution in [0.3, 0.4) is 0 Å². The Labute approximate surface area is 162 Å². The third-order valence-corrected chi connectivity index (χ3v) is 3.91. The zero-order chi connectivity index (χ0) is 20.2. The van der Waals surface area contributed by atoms with E-state index in [-0.39, 0.29) is 17.5 Å². The molecule has 0 aliphatic rings. The van der Waals surface area contributed by atoms with Gasteiger partial charge in [0, 0.05) is 30.7 Å². The quantitative estimate of drug-likeness (QED) is 0.284. The molecule has 0 fully saturated rings. The second-order valence-corrected chi connectivity index (χ2v) is 6.07. The zero-order valence-electron chi connectivity index (χ0n) is 15.3. The summed E-state index contributed by atoms with van der Waals surface area (Å²) in [6, 6.07) is 14.9. The number of nitrogens with one attached hydrogen (secondary N) is 2. The van der Waals surface area contributed by atoms with Crippen LogP contribution in [0, 0.1) is 10.1 Å². The first-order valence-electron chi connectivity index (χ1n) is 8.96. The largest absolute Gasteiger partial charge is 0.352 e. The minimum atomic E-state index is -0.476. The average molecular weight is 382 g/mol. The Balaban J connectivity index is 1.56. The molecule has 146 valence electrons. The summed E-state index contributed by atoms with van der Waals surface area (Å²) in [6.07, 6.45) is 4.07. The van der Waals surface area contributed by atoms with Crippen molar-refractivity contribution in [2.45, 2.75) is 25.7 Å². The number of benzene rings is 2. The predicted molar refractivity (Wildman–Crippen MR) is 106 cm³/mol. The van der Waals surface area contributed by atoms with Crippen LogP contribution in [0.5, 0.6) is 0 Å². The summed E-state index contributed by atoms with van der Waals surface area (Å²) in [5.74, 6) is -0.301. The lowest BCUT2D eigenvalue weighted by atomic mass is 10.2. The van der Waals surface area contributed by atoms with Gasteiger partial charge in [0.1, 0.15) is 0 Å². The number of nitrogens with zero attached hydrogens (tertiary/aromatic N) is 2. The number of hydrogen-bond acceptors (Lipinski definition) is 5. The van der Waals surface area contributed by atoms with Gasteiger partial charge >= 0.3 is 0 Å². The Hall–Kier alpha value is -3.55. The van der Waals surface area contributed by atoms with E-state index in [0.717, 1.165) is 12.8 Å². The highest BCUT2D eigenvalue weighted by molar-refractivity contribution is 5.94. The summed E-state index contributed by atoms with van der Waals surface area (Å²) in [6.45, 7) is 0.563. The molecule has 8 heteroatoms. The van der Waals surface area contributed by atoms with E-state index >= 15 is 0 Å². The highest BCUT2D eigenvalue weighted by atomic mass is 16.6. The number of rotatable bonds is 10. The van der Waals surface area contributed by atoms with Gasteiger partial charge in [0.15, 0.2) is 0 Å². The van der Waals surface area contributed by atoms with Crippen LogP contribution < -0.4 is 10.7 Å². The van der Waals surface area contributed by atoms with Crippen LogP contribution in [0.1, 0.15) is 41.6 Å². The van der Waals surface area contributed by atoms with Crippen LogP contribution in [-0.2, 0) is 4.79 Å². The number of nitro groups is 1. The van der Waals surface area contributed by atoms with Gasteiger partial charge in [-0.05, 0) is 42.7 Å². The molecule has 28 heavy (non-hydrogen) atoms. The molecule has 0 aliphatic carbocycles. The van der Waals surface area contributed by atoms with Crippen LogP contribution in [0.2, 0.25) is 0 Å². The molecule has 8 nitrogen and oxygen atoms in total. The molecule has 0 saturated heterocycles. The van der Waals surface area contributed by atoms with Crippen molar-refractivity contribution in [2.24, 2.45) is 5.10 Å². The van der Waals surface area contributed by atoms with E-state index in [0.29, 0.717) is 30.5 Å². The van der Waals surface area contributed by atoms with Crippen molar-refractivity contribution >= 4 is 23.7 Å². The number of nitro benzene ring substituents is 1. The molecule has 0 saturated carbocycles. The number of unbranched alkanes of at least 4 members (excludes halogenated alkanes) is 2. The summed E-state index contributed by atoms with van der Waals surface area (Å²) in [7, 11) is 0. The Morgan fingerprint density at radius 1 is 1.00 bits per heavy atom. The van der Waals surface area contributed by atoms with E-state index in [1.165, 1.54) is 18.3 Å². The number of carbonyl (C=O) groups is 2. The fourth-order valence-electron chi connectivity index (χ4n) is 2.40. The molecule has 2 amide bonds. The minimum Gasteiger partial charge on any atom is -0.352 e. The summed E-state index contributed by atoms with van der Waals surface area (Å²) in [5, 5.41) is 17.3. The first-order valence-corrected chi connectivity index (χ1v) is 8.96. The minimum absolute atomic E-state index is 0.00106. The molecule has 2 rings (SSSR count). The molecule has 0 radical (unpaired) electrons. The van der Waals surface area contributed by atoms with Crippen LogP contribution in [0.4, 0.5) is 5.69 Å². The van der Waals surface area contributed by atoms with Gasteiger partial charge in [-0.25, -0.2) is 5.43 Å². The van der Waals surface area contributed by atoms with Crippen molar-refractivity contribution in [3.63, 3.8) is 0 Å². The highest BCUT2D eigenvalue weighted by Gasteiger charge is 2.04. The molecule has 2 N–H and O–H groups in total. The first kappa shape index (κ1) is 20.8. The van der Waals surface area contributed by atoms with Crippen LogP contribution in [0.15, 0.2) is 59.7 Å². The maximum Gasteiger partial charge on any atom is 0.269 e. The van der Waals surface area contributed by atoms with Crippen molar-refractivity contribution in [1.82, 2.24) is 10.7 Å². The fraction of sp³-hybridized carbons (Fsp3) is 0.250. The molecule has 2 aromatic rings. The molecule has 0 unspecified atom stereocenters. The van der Waals surface area contributed by atoms with Gasteiger partial charge in [0.2, 0.25) is 5.91 Å². The van der Waals surface area contributed by atoms with Crippen molar-refractivity contribution in [3.05, 3.63) is 75.8 Å². The average Bonchev–Trinajstić information content (AvgIpc) is 2.71. The Kier molecular flexibility index (Phi) is 8.32. The lowest BCUT2D eigenvalue weighted by Crippen LogP contribution is -2.24. The maximum absolute atomic E-state index is 11.8. The van der Waals surface area contributed by atoms with Gasteiger partial charge in [-0.2, -0.15) is 5.10 Å². The number of non-ortho nitro benzene ring substituents is 1. The lowest BCUT2D eigenvalue weighted by molar-refractivity contribution is -0.384. The third-order valence-electron chi connectivity index (χ3n) is 3.91. The summed E-state index contributed by atoms with van der Waals surface area (Å²) >= 11 is 0. The van der Waals surface area contributed by atoms with E-state index < -0.39 is 4.92 Å². The van der Waals surface area contributed by atoms with Crippen LogP contribution in [0.25, 0.3) is 0 Å². The van der Waals surface area contributed by atoms with E-state index in [4.69, 9.17) is 0 Å². The molecule has 0 bridgehead atoms. The normalized spacial score (nSPS) is 10.6. The molecule has 0 aliphatic heterocycles. The summed E-state index contributed by atoms with van der Waals surface area (Å²) in [4.78, 5) is 33.7. The van der Waals surface area contributed by atoms with E-state index in [2.05, 4.69) is 15.8 Å². The van der Waals surface area contributed by atoms with Gasteiger partial charge < -0.3 is 5.32 Å². The standard InChI is InChI=1S/C20H22N4O4/c25-19(23-22-15-16-10-12-18(13-11-16)24(27)28)9-5-2-6-14-21-20(26)17-7-3-1-4-8-17/h1,3-4,7-8,10-13,15H,2,5-6,9,14H2,(H,21,26)(H,23,25). The number of hydrazone groups is 1. The van der Waals surface area contributed by atoms with Gasteiger partial charge in [-0.15, -0.1) is 0 Å². The predicted octanol–water partition coefficient (Wildman–Crippen LogP) is 3.04. The maximum atomic E-state index is 11.8. The Bertz CT molecular complexity index is 820. The summed E-state index contributed by atoms with van der Waals surface area (Å²) in [5.41, 5.74) is 3.71. The van der Waals surface area contributed by atoms with Crippen molar-refractivity contribution < 1.29 is 14.5 Å². The topological polar surface area (TPSA) is 114 Å². The number of amides is 2. The first-order chi connectivity index (χ1) is 13.6. The lowest BCUT2D eigenvalue weighted by Gasteiger charge is -2.05. The van der Waals surface area contributed by atoms with Crippen molar-refractivity contribution in [2.75, 3.05) is 6.54 Å². The molecule has 0 spiro atoms. The Morgan fingerprint density at radius 2 is 1.71 bits per heavy atom. The number of carbonyl (C=O) groups excluding carboxylic acids is 2. The van der Waals surface area contributed by atoms with E-state index in [1.54, 1.807) is 24.3 Å². The monoisotopic (exact) mass is 382 g/mol. The molecule has 2 aromatic carbocycles. The molecule has 0 heterocycles. The van der Waals surface area contributed by atoms with E-state index in [1.807, 2.05) is 18.2 Å². The van der Waals surface area contributed by atoms with Crippen molar-refractivity contribution in [1.29, 1.82) is 0 Å². The smallest absolute Gasteiger partial charge is 0.269 e. The second-order valence-electron chi connectivity index (χ2n) is 6.07. The van der Waals surface area contributed by atoms with Gasteiger partial charge in [0.25, 0.3) is 11.6 Å². The molecular formula is C20H22N4O4. The molecular weight excluding hydrogens is 360 g/mol. The highest BCUT2D eigenvalue weighted by Crippen LogP contribution is 2.10. The van der Waals surface area contributed by atoms with Crippen molar-refractivity contribution in [3.8, 4) is 0 Å². The Morgan fingerprint density at radius 3 is 2.39 bits per heavy atom. The molecule has 0 atom stereocenters. The molecule has 0 aromatic heterocycles. The van der Waals surface area contributed by atoms with Gasteiger partial charge in [-0.3, -0.25) is 19.7 Å². The summed E-state index contributed by atoms with van der Waals surface area (Å²) < 4.78 is 0. The van der Waals surface area contributed by atoms with Gasteiger partial charge in [0.05, 0.1) is 11.1 Å². The van der Waals surface area contributed by atoms with Gasteiger partial charge in [-0.1, -0.05) is 24.6 Å². The SMILES string of the molecule is O=C(CCCCCNC(=O)c1ccccc1)NN=Cc1ccc([N+](=O)[O-])cc1.